The third kappa shape index (κ3) is 4.23. The Kier molecular flexibility index (Phi) is 5.91. The highest BCUT2D eigenvalue weighted by Crippen LogP contribution is 2.31. The summed E-state index contributed by atoms with van der Waals surface area (Å²) < 4.78 is 34.1. The van der Waals surface area contributed by atoms with Crippen LogP contribution in [0.5, 0.6) is 5.75 Å². The zero-order valence-electron chi connectivity index (χ0n) is 14.8. The average molecular weight is 369 g/mol. The van der Waals surface area contributed by atoms with Gasteiger partial charge in [0.25, 0.3) is 0 Å². The summed E-state index contributed by atoms with van der Waals surface area (Å²) in [7, 11) is -3.60. The van der Waals surface area contributed by atoms with E-state index in [-0.39, 0.29) is 4.90 Å². The van der Waals surface area contributed by atoms with Crippen LogP contribution in [-0.2, 0) is 16.4 Å². The van der Waals surface area contributed by atoms with E-state index in [2.05, 4.69) is 4.72 Å². The van der Waals surface area contributed by atoms with E-state index in [1.807, 2.05) is 61.5 Å². The van der Waals surface area contributed by atoms with Crippen molar-refractivity contribution in [1.29, 1.82) is 0 Å². The van der Waals surface area contributed by atoms with E-state index in [9.17, 15) is 8.42 Å². The maximum absolute atomic E-state index is 12.8. The van der Waals surface area contributed by atoms with Crippen LogP contribution in [0.1, 0.15) is 18.9 Å². The summed E-state index contributed by atoms with van der Waals surface area (Å²) in [6.45, 7) is 3.00. The van der Waals surface area contributed by atoms with Gasteiger partial charge >= 0.3 is 0 Å². The fraction of sp³-hybridized carbons (Fsp3) is 0.238. The van der Waals surface area contributed by atoms with Crippen molar-refractivity contribution in [2.24, 2.45) is 0 Å². The van der Waals surface area contributed by atoms with Crippen LogP contribution in [0.2, 0.25) is 0 Å². The minimum atomic E-state index is -3.60. The fourth-order valence-electron chi connectivity index (χ4n) is 2.87. The Morgan fingerprint density at radius 1 is 0.885 bits per heavy atom. The maximum atomic E-state index is 12.8. The lowest BCUT2D eigenvalue weighted by atomic mass is 10.1. The Hall–Kier alpha value is -2.37. The highest BCUT2D eigenvalue weighted by atomic mass is 32.2. The molecule has 3 rings (SSSR count). The molecule has 4 nitrogen and oxygen atoms in total. The van der Waals surface area contributed by atoms with Gasteiger partial charge in [0, 0.05) is 17.3 Å². The largest absolute Gasteiger partial charge is 0.493 e. The Balaban J connectivity index is 1.84. The predicted molar refractivity (Wildman–Crippen MR) is 105 cm³/mol. The Bertz CT molecular complexity index is 969. The second-order valence-corrected chi connectivity index (χ2v) is 7.82. The van der Waals surface area contributed by atoms with Crippen LogP contribution in [-0.4, -0.2) is 21.6 Å². The van der Waals surface area contributed by atoms with Gasteiger partial charge in [-0.3, -0.25) is 0 Å². The summed E-state index contributed by atoms with van der Waals surface area (Å²) in [5.74, 6) is 0.714. The Morgan fingerprint density at radius 3 is 2.31 bits per heavy atom. The van der Waals surface area contributed by atoms with E-state index >= 15 is 0 Å². The lowest BCUT2D eigenvalue weighted by Crippen LogP contribution is -2.26. The molecule has 0 bridgehead atoms. The van der Waals surface area contributed by atoms with Crippen molar-refractivity contribution in [3.63, 3.8) is 0 Å². The summed E-state index contributed by atoms with van der Waals surface area (Å²) in [5.41, 5.74) is 1.10. The zero-order chi connectivity index (χ0) is 18.4. The number of hydrogen-bond donors (Lipinski definition) is 1. The van der Waals surface area contributed by atoms with Crippen LogP contribution in [0.25, 0.3) is 10.8 Å². The van der Waals surface area contributed by atoms with Gasteiger partial charge in [-0.05, 0) is 30.5 Å². The van der Waals surface area contributed by atoms with E-state index < -0.39 is 10.0 Å². The molecule has 0 unspecified atom stereocenters. The molecule has 0 saturated carbocycles. The zero-order valence-corrected chi connectivity index (χ0v) is 15.6. The molecule has 136 valence electrons. The van der Waals surface area contributed by atoms with Crippen LogP contribution in [0.15, 0.2) is 71.6 Å². The number of ether oxygens (including phenoxy) is 1. The van der Waals surface area contributed by atoms with E-state index in [0.717, 1.165) is 17.4 Å². The average Bonchev–Trinajstić information content (AvgIpc) is 2.66. The highest BCUT2D eigenvalue weighted by molar-refractivity contribution is 7.89. The summed E-state index contributed by atoms with van der Waals surface area (Å²) >= 11 is 0. The minimum Gasteiger partial charge on any atom is -0.493 e. The van der Waals surface area contributed by atoms with E-state index in [1.54, 1.807) is 12.1 Å². The molecule has 0 amide bonds. The molecule has 0 radical (unpaired) electrons. The van der Waals surface area contributed by atoms with Crippen molar-refractivity contribution < 1.29 is 13.2 Å². The second kappa shape index (κ2) is 8.34. The van der Waals surface area contributed by atoms with E-state index in [0.29, 0.717) is 30.7 Å². The lowest BCUT2D eigenvalue weighted by Gasteiger charge is -2.13. The molecule has 0 saturated heterocycles. The van der Waals surface area contributed by atoms with Gasteiger partial charge in [0.2, 0.25) is 10.0 Å². The summed E-state index contributed by atoms with van der Waals surface area (Å²) in [6.07, 6.45) is 1.55. The Morgan fingerprint density at radius 2 is 1.58 bits per heavy atom. The monoisotopic (exact) mass is 369 g/mol. The molecule has 1 N–H and O–H groups in total. The van der Waals surface area contributed by atoms with Crippen molar-refractivity contribution in [3.05, 3.63) is 72.3 Å². The fourth-order valence-corrected chi connectivity index (χ4v) is 4.11. The van der Waals surface area contributed by atoms with Crippen molar-refractivity contribution in [1.82, 2.24) is 4.72 Å². The molecular weight excluding hydrogens is 346 g/mol. The van der Waals surface area contributed by atoms with Crippen LogP contribution in [0, 0.1) is 0 Å². The van der Waals surface area contributed by atoms with Crippen molar-refractivity contribution in [2.45, 2.75) is 24.7 Å². The molecule has 3 aromatic rings. The lowest BCUT2D eigenvalue weighted by molar-refractivity contribution is 0.321. The number of rotatable bonds is 8. The number of nitrogens with one attached hydrogen (secondary N) is 1. The number of sulfonamides is 1. The van der Waals surface area contributed by atoms with Gasteiger partial charge in [-0.25, -0.2) is 13.1 Å². The molecule has 0 spiro atoms. The molecule has 0 aromatic heterocycles. The predicted octanol–water partition coefficient (Wildman–Crippen LogP) is 4.15. The molecule has 0 atom stereocenters. The van der Waals surface area contributed by atoms with Crippen molar-refractivity contribution >= 4 is 20.8 Å². The highest BCUT2D eigenvalue weighted by Gasteiger charge is 2.18. The molecule has 0 aliphatic rings. The Labute approximate surface area is 154 Å². The minimum absolute atomic E-state index is 0.282. The van der Waals surface area contributed by atoms with Gasteiger partial charge in [-0.15, -0.1) is 0 Å². The van der Waals surface area contributed by atoms with Gasteiger partial charge < -0.3 is 4.74 Å². The molecule has 0 fully saturated rings. The molecule has 0 heterocycles. The van der Waals surface area contributed by atoms with E-state index in [4.69, 9.17) is 4.74 Å². The SMILES string of the molecule is CCCOc1ccc(S(=O)(=O)NCCc2ccccc2)c2ccccc12. The smallest absolute Gasteiger partial charge is 0.241 e. The first-order valence-corrected chi connectivity index (χ1v) is 10.3. The first-order valence-electron chi connectivity index (χ1n) is 8.80. The third-order valence-electron chi connectivity index (χ3n) is 4.14. The summed E-state index contributed by atoms with van der Waals surface area (Å²) in [4.78, 5) is 0.282. The number of hydrogen-bond acceptors (Lipinski definition) is 3. The third-order valence-corrected chi connectivity index (χ3v) is 5.66. The van der Waals surface area contributed by atoms with Crippen molar-refractivity contribution in [2.75, 3.05) is 13.2 Å². The summed E-state index contributed by atoms with van der Waals surface area (Å²) in [5, 5.41) is 1.49. The molecule has 0 aliphatic heterocycles. The van der Waals surface area contributed by atoms with Gasteiger partial charge in [-0.2, -0.15) is 0 Å². The second-order valence-electron chi connectivity index (χ2n) is 6.09. The molecule has 26 heavy (non-hydrogen) atoms. The van der Waals surface area contributed by atoms with Gasteiger partial charge in [0.05, 0.1) is 11.5 Å². The molecule has 5 heteroatoms. The quantitative estimate of drug-likeness (QED) is 0.649. The van der Waals surface area contributed by atoms with Gasteiger partial charge in [0.15, 0.2) is 0 Å². The van der Waals surface area contributed by atoms with Crippen molar-refractivity contribution in [3.8, 4) is 5.75 Å². The molecule has 3 aromatic carbocycles. The standard InChI is InChI=1S/C21H23NO3S/c1-2-16-25-20-12-13-21(19-11-7-6-10-18(19)20)26(23,24)22-15-14-17-8-4-3-5-9-17/h3-13,22H,2,14-16H2,1H3. The van der Waals surface area contributed by atoms with Crippen LogP contribution in [0.3, 0.4) is 0 Å². The number of benzene rings is 3. The maximum Gasteiger partial charge on any atom is 0.241 e. The van der Waals surface area contributed by atoms with Crippen LogP contribution in [0.4, 0.5) is 0 Å². The first kappa shape index (κ1) is 18.4. The molecular formula is C21H23NO3S. The summed E-state index contributed by atoms with van der Waals surface area (Å²) in [6, 6.07) is 20.6. The topological polar surface area (TPSA) is 55.4 Å². The molecule has 0 aliphatic carbocycles. The number of fused-ring (bicyclic) bond motifs is 1. The first-order chi connectivity index (χ1) is 12.6. The normalized spacial score (nSPS) is 11.6. The van der Waals surface area contributed by atoms with Gasteiger partial charge in [0.1, 0.15) is 5.75 Å². The van der Waals surface area contributed by atoms with Crippen LogP contribution >= 0.6 is 0 Å². The van der Waals surface area contributed by atoms with E-state index in [1.165, 1.54) is 0 Å². The van der Waals surface area contributed by atoms with Gasteiger partial charge in [-0.1, -0.05) is 61.5 Å². The van der Waals surface area contributed by atoms with Crippen LogP contribution < -0.4 is 9.46 Å².